The SMILES string of the molecule is Cc1ccccc1N(C)S(=O)(=O)c1cccc(C(=O)N2c3ccccc3CC2C)c1. The van der Waals surface area contributed by atoms with E-state index in [1.807, 2.05) is 50.2 Å². The van der Waals surface area contributed by atoms with Gasteiger partial charge in [0.2, 0.25) is 0 Å². The lowest BCUT2D eigenvalue weighted by Crippen LogP contribution is -2.36. The van der Waals surface area contributed by atoms with Crippen molar-refractivity contribution in [1.82, 2.24) is 0 Å². The zero-order valence-electron chi connectivity index (χ0n) is 17.2. The summed E-state index contributed by atoms with van der Waals surface area (Å²) in [6, 6.07) is 21.5. The van der Waals surface area contributed by atoms with Gasteiger partial charge in [-0.15, -0.1) is 0 Å². The number of rotatable bonds is 4. The van der Waals surface area contributed by atoms with Gasteiger partial charge in [-0.25, -0.2) is 8.42 Å². The molecule has 0 saturated carbocycles. The molecule has 0 saturated heterocycles. The molecule has 3 aromatic carbocycles. The summed E-state index contributed by atoms with van der Waals surface area (Å²) in [6.45, 7) is 3.87. The number of amides is 1. The van der Waals surface area contributed by atoms with Crippen LogP contribution in [0.2, 0.25) is 0 Å². The van der Waals surface area contributed by atoms with E-state index in [9.17, 15) is 13.2 Å². The minimum absolute atomic E-state index is 0.0183. The fraction of sp³-hybridized carbons (Fsp3) is 0.208. The van der Waals surface area contributed by atoms with E-state index in [0.717, 1.165) is 23.2 Å². The van der Waals surface area contributed by atoms with E-state index in [4.69, 9.17) is 0 Å². The Morgan fingerprint density at radius 3 is 2.47 bits per heavy atom. The van der Waals surface area contributed by atoms with Crippen LogP contribution >= 0.6 is 0 Å². The molecular weight excluding hydrogens is 396 g/mol. The van der Waals surface area contributed by atoms with Crippen LogP contribution in [0.1, 0.15) is 28.4 Å². The third-order valence-corrected chi connectivity index (χ3v) is 7.39. The number of para-hydroxylation sites is 2. The van der Waals surface area contributed by atoms with Crippen molar-refractivity contribution in [3.8, 4) is 0 Å². The van der Waals surface area contributed by atoms with Gasteiger partial charge in [-0.1, -0.05) is 42.5 Å². The lowest BCUT2D eigenvalue weighted by Gasteiger charge is -2.24. The fourth-order valence-corrected chi connectivity index (χ4v) is 5.31. The fourth-order valence-electron chi connectivity index (χ4n) is 4.01. The number of hydrogen-bond acceptors (Lipinski definition) is 3. The Morgan fingerprint density at radius 1 is 1.00 bits per heavy atom. The number of carbonyl (C=O) groups is 1. The van der Waals surface area contributed by atoms with Crippen molar-refractivity contribution in [2.45, 2.75) is 31.2 Å². The summed E-state index contributed by atoms with van der Waals surface area (Å²) < 4.78 is 27.8. The van der Waals surface area contributed by atoms with Crippen molar-refractivity contribution in [2.24, 2.45) is 0 Å². The Kier molecular flexibility index (Phi) is 5.12. The van der Waals surface area contributed by atoms with Crippen molar-refractivity contribution in [3.05, 3.63) is 89.5 Å². The summed E-state index contributed by atoms with van der Waals surface area (Å²) in [6.07, 6.45) is 0.788. The normalized spacial score (nSPS) is 15.7. The largest absolute Gasteiger partial charge is 0.305 e. The first-order valence-electron chi connectivity index (χ1n) is 9.87. The molecule has 1 unspecified atom stereocenters. The third-order valence-electron chi connectivity index (χ3n) is 5.62. The van der Waals surface area contributed by atoms with Crippen LogP contribution in [0.3, 0.4) is 0 Å². The van der Waals surface area contributed by atoms with E-state index in [0.29, 0.717) is 11.3 Å². The predicted octanol–water partition coefficient (Wildman–Crippen LogP) is 4.41. The monoisotopic (exact) mass is 420 g/mol. The molecule has 0 aromatic heterocycles. The lowest BCUT2D eigenvalue weighted by atomic mass is 10.1. The standard InChI is InChI=1S/C24H24N2O3S/c1-17-9-4-6-13-22(17)25(3)30(28,29)21-12-8-11-20(16-21)24(27)26-18(2)15-19-10-5-7-14-23(19)26/h4-14,16,18H,15H2,1-3H3. The third kappa shape index (κ3) is 3.37. The van der Waals surface area contributed by atoms with Crippen LogP contribution < -0.4 is 9.21 Å². The van der Waals surface area contributed by atoms with Crippen LogP contribution in [-0.2, 0) is 16.4 Å². The molecule has 0 radical (unpaired) electrons. The molecule has 1 aliphatic heterocycles. The van der Waals surface area contributed by atoms with E-state index in [-0.39, 0.29) is 16.8 Å². The highest BCUT2D eigenvalue weighted by Gasteiger charge is 2.32. The number of benzene rings is 3. The molecular formula is C24H24N2O3S. The van der Waals surface area contributed by atoms with Crippen molar-refractivity contribution >= 4 is 27.3 Å². The van der Waals surface area contributed by atoms with Gasteiger partial charge < -0.3 is 4.90 Å². The second kappa shape index (κ2) is 7.61. The van der Waals surface area contributed by atoms with Crippen molar-refractivity contribution < 1.29 is 13.2 Å². The second-order valence-electron chi connectivity index (χ2n) is 7.64. The molecule has 0 spiro atoms. The highest BCUT2D eigenvalue weighted by Crippen LogP contribution is 2.33. The highest BCUT2D eigenvalue weighted by atomic mass is 32.2. The molecule has 3 aromatic rings. The Hall–Kier alpha value is -3.12. The summed E-state index contributed by atoms with van der Waals surface area (Å²) in [5.41, 5.74) is 3.84. The van der Waals surface area contributed by atoms with Gasteiger partial charge in [0.15, 0.2) is 0 Å². The number of anilines is 2. The van der Waals surface area contributed by atoms with Gasteiger partial charge in [0.25, 0.3) is 15.9 Å². The maximum absolute atomic E-state index is 13.3. The molecule has 0 bridgehead atoms. The van der Waals surface area contributed by atoms with E-state index >= 15 is 0 Å². The average molecular weight is 421 g/mol. The molecule has 1 heterocycles. The Morgan fingerprint density at radius 2 is 1.70 bits per heavy atom. The van der Waals surface area contributed by atoms with Crippen LogP contribution in [0.25, 0.3) is 0 Å². The zero-order valence-corrected chi connectivity index (χ0v) is 18.1. The summed E-state index contributed by atoms with van der Waals surface area (Å²) in [7, 11) is -2.27. The van der Waals surface area contributed by atoms with Crippen molar-refractivity contribution in [2.75, 3.05) is 16.3 Å². The molecule has 5 nitrogen and oxygen atoms in total. The number of hydrogen-bond donors (Lipinski definition) is 0. The number of nitrogens with zero attached hydrogens (tertiary/aromatic N) is 2. The van der Waals surface area contributed by atoms with Gasteiger partial charge in [0.1, 0.15) is 0 Å². The second-order valence-corrected chi connectivity index (χ2v) is 9.61. The maximum Gasteiger partial charge on any atom is 0.264 e. The summed E-state index contributed by atoms with van der Waals surface area (Å²) in [5.74, 6) is -0.192. The highest BCUT2D eigenvalue weighted by molar-refractivity contribution is 7.92. The number of carbonyl (C=O) groups excluding carboxylic acids is 1. The van der Waals surface area contributed by atoms with Gasteiger partial charge in [0.05, 0.1) is 10.6 Å². The topological polar surface area (TPSA) is 57.7 Å². The van der Waals surface area contributed by atoms with Crippen LogP contribution in [0.5, 0.6) is 0 Å². The molecule has 1 amide bonds. The molecule has 1 aliphatic rings. The molecule has 154 valence electrons. The zero-order chi connectivity index (χ0) is 21.5. The summed E-state index contributed by atoms with van der Waals surface area (Å²) in [4.78, 5) is 15.2. The summed E-state index contributed by atoms with van der Waals surface area (Å²) in [5, 5.41) is 0. The molecule has 0 fully saturated rings. The lowest BCUT2D eigenvalue weighted by molar-refractivity contribution is 0.0981. The first kappa shape index (κ1) is 20.2. The van der Waals surface area contributed by atoms with E-state index in [2.05, 4.69) is 0 Å². The minimum Gasteiger partial charge on any atom is -0.305 e. The molecule has 6 heteroatoms. The van der Waals surface area contributed by atoms with E-state index in [1.54, 1.807) is 29.2 Å². The van der Waals surface area contributed by atoms with Crippen LogP contribution in [0, 0.1) is 6.92 Å². The Labute approximate surface area is 177 Å². The minimum atomic E-state index is -3.81. The van der Waals surface area contributed by atoms with Crippen LogP contribution in [0.4, 0.5) is 11.4 Å². The number of aryl methyl sites for hydroxylation is 1. The van der Waals surface area contributed by atoms with Crippen molar-refractivity contribution in [3.63, 3.8) is 0 Å². The van der Waals surface area contributed by atoms with Gasteiger partial charge in [-0.2, -0.15) is 0 Å². The van der Waals surface area contributed by atoms with Crippen molar-refractivity contribution in [1.29, 1.82) is 0 Å². The average Bonchev–Trinajstić information content (AvgIpc) is 3.08. The van der Waals surface area contributed by atoms with Gasteiger partial charge in [0, 0.05) is 24.3 Å². The molecule has 30 heavy (non-hydrogen) atoms. The Balaban J connectivity index is 1.69. The first-order chi connectivity index (χ1) is 14.3. The quantitative estimate of drug-likeness (QED) is 0.628. The number of fused-ring (bicyclic) bond motifs is 1. The molecule has 1 atom stereocenters. The molecule has 4 rings (SSSR count). The summed E-state index contributed by atoms with van der Waals surface area (Å²) >= 11 is 0. The van der Waals surface area contributed by atoms with E-state index in [1.165, 1.54) is 23.5 Å². The maximum atomic E-state index is 13.3. The van der Waals surface area contributed by atoms with Crippen LogP contribution in [-0.4, -0.2) is 27.4 Å². The van der Waals surface area contributed by atoms with Gasteiger partial charge in [-0.3, -0.25) is 9.10 Å². The van der Waals surface area contributed by atoms with E-state index < -0.39 is 10.0 Å². The predicted molar refractivity (Wildman–Crippen MR) is 120 cm³/mol. The van der Waals surface area contributed by atoms with Gasteiger partial charge in [-0.05, 0) is 61.7 Å². The Bertz CT molecular complexity index is 1220. The smallest absolute Gasteiger partial charge is 0.264 e. The van der Waals surface area contributed by atoms with Gasteiger partial charge >= 0.3 is 0 Å². The van der Waals surface area contributed by atoms with Crippen LogP contribution in [0.15, 0.2) is 77.7 Å². The number of sulfonamides is 1. The molecule has 0 aliphatic carbocycles. The first-order valence-corrected chi connectivity index (χ1v) is 11.3. The molecule has 0 N–H and O–H groups in total.